The summed E-state index contributed by atoms with van der Waals surface area (Å²) in [6.45, 7) is 56.9. The molecule has 2 aliphatic heterocycles. The Labute approximate surface area is 519 Å². The standard InChI is InChI=1S/C80H98N4Si2/c1-75(2,3)52-37-49(38-53(43-52)76(4,5)6)72-62-33-35-64(81-62)73(50-39-54(77(7,8)9)44-55(40-50)78(10,11)12)68-46-60(58-29-25-27-31-70(58)85(19,20)21)66(83-68)48-67-61(59-30-26-28-32-71(59)86(22,23)24)47-69(84-67)74(65-36-34-63(72)82-65)51-41-56(79(13,14)15)45-57(42-51)80(16,17)18/h25-48,81,84H,1-24H3. The summed E-state index contributed by atoms with van der Waals surface area (Å²) in [6, 6.07) is 49.7. The summed E-state index contributed by atoms with van der Waals surface area (Å²) in [5, 5.41) is 2.84. The summed E-state index contributed by atoms with van der Waals surface area (Å²) in [4.78, 5) is 20.4. The van der Waals surface area contributed by atoms with Gasteiger partial charge >= 0.3 is 0 Å². The molecule has 3 aromatic heterocycles. The van der Waals surface area contributed by atoms with Crippen LogP contribution >= 0.6 is 0 Å². The summed E-state index contributed by atoms with van der Waals surface area (Å²) >= 11 is 0. The van der Waals surface area contributed by atoms with E-state index in [1.807, 2.05) is 0 Å². The molecule has 0 saturated heterocycles. The van der Waals surface area contributed by atoms with Crippen LogP contribution in [0.4, 0.5) is 0 Å². The number of H-pyrrole nitrogens is 2. The molecule has 0 spiro atoms. The summed E-state index contributed by atoms with van der Waals surface area (Å²) in [5.41, 5.74) is 26.2. The molecule has 2 aliphatic rings. The molecule has 0 amide bonds. The Morgan fingerprint density at radius 3 is 1.03 bits per heavy atom. The molecule has 0 atom stereocenters. The van der Waals surface area contributed by atoms with Gasteiger partial charge < -0.3 is 9.97 Å². The van der Waals surface area contributed by atoms with E-state index in [1.54, 1.807) is 0 Å². The van der Waals surface area contributed by atoms with Crippen molar-refractivity contribution in [3.63, 3.8) is 0 Å². The molecule has 86 heavy (non-hydrogen) atoms. The highest BCUT2D eigenvalue weighted by molar-refractivity contribution is 6.90. The average molecular weight is 1170 g/mol. The van der Waals surface area contributed by atoms with Crippen LogP contribution in [0.3, 0.4) is 0 Å². The topological polar surface area (TPSA) is 57.4 Å². The number of hydrogen-bond acceptors (Lipinski definition) is 2. The second-order valence-electron chi connectivity index (χ2n) is 33.2. The minimum Gasteiger partial charge on any atom is -0.354 e. The number of nitrogens with one attached hydrogen (secondary N) is 2. The highest BCUT2D eigenvalue weighted by atomic mass is 28.3. The van der Waals surface area contributed by atoms with Crippen molar-refractivity contribution in [2.24, 2.45) is 0 Å². The minimum atomic E-state index is -1.92. The third-order valence-electron chi connectivity index (χ3n) is 17.7. The fourth-order valence-corrected chi connectivity index (χ4v) is 15.5. The van der Waals surface area contributed by atoms with Crippen molar-refractivity contribution in [1.82, 2.24) is 19.9 Å². The van der Waals surface area contributed by atoms with Crippen molar-refractivity contribution in [1.29, 1.82) is 0 Å². The van der Waals surface area contributed by atoms with E-state index in [2.05, 4.69) is 319 Å². The molecule has 0 fully saturated rings. The summed E-state index contributed by atoms with van der Waals surface area (Å²) in [6.07, 6.45) is 6.98. The Bertz CT molecular complexity index is 4130. The van der Waals surface area contributed by atoms with Crippen molar-refractivity contribution in [2.45, 2.75) is 196 Å². The molecule has 446 valence electrons. The Morgan fingerprint density at radius 1 is 0.314 bits per heavy atom. The Morgan fingerprint density at radius 2 is 0.651 bits per heavy atom. The van der Waals surface area contributed by atoms with E-state index in [-0.39, 0.29) is 32.5 Å². The number of nitrogens with zero attached hydrogens (tertiary/aromatic N) is 2. The number of aromatic amines is 2. The maximum absolute atomic E-state index is 6.04. The Hall–Kier alpha value is -6.87. The lowest BCUT2D eigenvalue weighted by atomic mass is 9.78. The van der Waals surface area contributed by atoms with E-state index in [1.165, 1.54) is 54.9 Å². The van der Waals surface area contributed by atoms with Crippen LogP contribution in [0.25, 0.3) is 90.4 Å². The fourth-order valence-electron chi connectivity index (χ4n) is 12.3. The molecule has 8 bridgehead atoms. The molecule has 6 heteroatoms. The maximum Gasteiger partial charge on any atom is 0.0784 e. The second-order valence-corrected chi connectivity index (χ2v) is 43.3. The summed E-state index contributed by atoms with van der Waals surface area (Å²) in [5.74, 6) is 0. The summed E-state index contributed by atoms with van der Waals surface area (Å²) < 4.78 is 0. The van der Waals surface area contributed by atoms with Gasteiger partial charge in [-0.15, -0.1) is 0 Å². The Balaban J connectivity index is 1.52. The molecule has 4 nitrogen and oxygen atoms in total. The largest absolute Gasteiger partial charge is 0.354 e. The quantitative estimate of drug-likeness (QED) is 0.156. The monoisotopic (exact) mass is 1170 g/mol. The maximum atomic E-state index is 6.04. The predicted octanol–water partition coefficient (Wildman–Crippen LogP) is 21.6. The second kappa shape index (κ2) is 21.5. The first-order valence-electron chi connectivity index (χ1n) is 31.5. The van der Waals surface area contributed by atoms with Gasteiger partial charge in [-0.3, -0.25) is 0 Å². The van der Waals surface area contributed by atoms with Crippen LogP contribution in [0.1, 0.15) is 186 Å². The van der Waals surface area contributed by atoms with E-state index in [4.69, 9.17) is 9.97 Å². The molecule has 5 aromatic carbocycles. The Kier molecular flexibility index (Phi) is 15.5. The molecule has 8 aromatic rings. The lowest BCUT2D eigenvalue weighted by Gasteiger charge is -2.26. The number of hydrogen-bond donors (Lipinski definition) is 2. The summed E-state index contributed by atoms with van der Waals surface area (Å²) in [7, 11) is -3.84. The van der Waals surface area contributed by atoms with Crippen LogP contribution < -0.4 is 10.4 Å². The van der Waals surface area contributed by atoms with Crippen molar-refractivity contribution in [3.8, 4) is 44.5 Å². The first-order chi connectivity index (χ1) is 39.6. The lowest BCUT2D eigenvalue weighted by molar-refractivity contribution is 0.568. The zero-order chi connectivity index (χ0) is 62.8. The van der Waals surface area contributed by atoms with Gasteiger partial charge in [-0.25, -0.2) is 9.97 Å². The van der Waals surface area contributed by atoms with Crippen molar-refractivity contribution in [3.05, 3.63) is 189 Å². The number of benzene rings is 5. The van der Waals surface area contributed by atoms with E-state index >= 15 is 0 Å². The minimum absolute atomic E-state index is 0.116. The molecule has 0 unspecified atom stereocenters. The van der Waals surface area contributed by atoms with Crippen LogP contribution in [0.5, 0.6) is 0 Å². The normalized spacial score (nSPS) is 13.8. The first kappa shape index (κ1) is 62.2. The highest BCUT2D eigenvalue weighted by Crippen LogP contribution is 2.45. The van der Waals surface area contributed by atoms with E-state index < -0.39 is 16.1 Å². The van der Waals surface area contributed by atoms with Gasteiger partial charge in [0, 0.05) is 49.9 Å². The third kappa shape index (κ3) is 12.5. The molecule has 10 rings (SSSR count). The zero-order valence-corrected chi connectivity index (χ0v) is 58.8. The number of fused-ring (bicyclic) bond motifs is 8. The highest BCUT2D eigenvalue weighted by Gasteiger charge is 2.31. The van der Waals surface area contributed by atoms with Crippen molar-refractivity contribution >= 4 is 72.4 Å². The molecule has 0 aliphatic carbocycles. The predicted molar refractivity (Wildman–Crippen MR) is 383 cm³/mol. The fraction of sp³-hybridized carbons (Fsp3) is 0.375. The van der Waals surface area contributed by atoms with E-state index in [0.717, 1.165) is 89.4 Å². The molecular formula is C80H98N4Si2. The lowest BCUT2D eigenvalue weighted by Crippen LogP contribution is -2.39. The third-order valence-corrected chi connectivity index (χ3v) is 21.8. The SMILES string of the molecule is CC(C)(C)c1cc(-c2c3nc(c(-c4cc(C(C)(C)C)cc(C(C)(C)C)c4)c4ccc([nH]4)c(-c4cc(C(C)(C)C)cc(C(C)(C)C)c4)c4nc(cc5[nH]c2cc5-c2ccccc2[Si](C)(C)C)C(c2ccccc2[Si](C)(C)C)=C4)C=C3)cc(C(C)(C)C)c1. The van der Waals surface area contributed by atoms with Gasteiger partial charge in [0.1, 0.15) is 0 Å². The van der Waals surface area contributed by atoms with Crippen LogP contribution in [-0.2, 0) is 32.5 Å². The van der Waals surface area contributed by atoms with Gasteiger partial charge in [0.15, 0.2) is 0 Å². The van der Waals surface area contributed by atoms with Gasteiger partial charge in [-0.1, -0.05) is 277 Å². The van der Waals surface area contributed by atoms with Crippen LogP contribution in [0.15, 0.2) is 127 Å². The van der Waals surface area contributed by atoms with E-state index in [9.17, 15) is 0 Å². The van der Waals surface area contributed by atoms with Crippen molar-refractivity contribution < 1.29 is 0 Å². The van der Waals surface area contributed by atoms with Gasteiger partial charge in [-0.05, 0) is 136 Å². The van der Waals surface area contributed by atoms with Crippen LogP contribution in [0, 0.1) is 0 Å². The van der Waals surface area contributed by atoms with Crippen LogP contribution in [-0.4, -0.2) is 36.1 Å². The zero-order valence-electron chi connectivity index (χ0n) is 56.8. The van der Waals surface area contributed by atoms with Gasteiger partial charge in [0.2, 0.25) is 0 Å². The van der Waals surface area contributed by atoms with Gasteiger partial charge in [0.25, 0.3) is 0 Å². The molecular weight excluding hydrogens is 1070 g/mol. The van der Waals surface area contributed by atoms with Crippen molar-refractivity contribution in [2.75, 3.05) is 0 Å². The molecule has 2 N–H and O–H groups in total. The molecule has 5 heterocycles. The average Bonchev–Trinajstić information content (AvgIpc) is 1.61. The van der Waals surface area contributed by atoms with E-state index in [0.29, 0.717) is 0 Å². The number of rotatable bonds is 7. The molecule has 0 saturated carbocycles. The number of aromatic nitrogens is 4. The first-order valence-corrected chi connectivity index (χ1v) is 38.5. The van der Waals surface area contributed by atoms with Gasteiger partial charge in [0.05, 0.1) is 38.9 Å². The van der Waals surface area contributed by atoms with Gasteiger partial charge in [-0.2, -0.15) is 0 Å². The van der Waals surface area contributed by atoms with Crippen LogP contribution in [0.2, 0.25) is 39.3 Å². The smallest absolute Gasteiger partial charge is 0.0784 e. The molecule has 0 radical (unpaired) electrons.